The molecule has 2 aliphatic carbocycles. The fourth-order valence-corrected chi connectivity index (χ4v) is 6.47. The summed E-state index contributed by atoms with van der Waals surface area (Å²) in [4.78, 5) is 31.4. The molecule has 0 spiro atoms. The van der Waals surface area contributed by atoms with Gasteiger partial charge in [-0.3, -0.25) is 14.7 Å². The third kappa shape index (κ3) is 3.98. The quantitative estimate of drug-likeness (QED) is 0.719. The molecule has 5 rings (SSSR count). The second-order valence-electron chi connectivity index (χ2n) is 9.67. The van der Waals surface area contributed by atoms with Gasteiger partial charge in [0, 0.05) is 30.1 Å². The average Bonchev–Trinajstić information content (AvgIpc) is 3.40. The number of amides is 2. The number of hydrogen-bond acceptors (Lipinski definition) is 5. The van der Waals surface area contributed by atoms with E-state index in [1.165, 1.54) is 45.3 Å². The minimum atomic E-state index is -0.541. The summed E-state index contributed by atoms with van der Waals surface area (Å²) in [6.45, 7) is 0.485. The number of ether oxygens (including phenoxy) is 1. The molecule has 3 N–H and O–H groups in total. The van der Waals surface area contributed by atoms with Crippen LogP contribution in [-0.2, 0) is 4.79 Å². The molecular weight excluding hydrogens is 425 g/mol. The lowest BCUT2D eigenvalue weighted by atomic mass is 9.70. The van der Waals surface area contributed by atoms with Crippen LogP contribution in [0.4, 0.5) is 4.39 Å². The summed E-state index contributed by atoms with van der Waals surface area (Å²) in [5.74, 6) is 0.709. The first-order valence-electron chi connectivity index (χ1n) is 11.8. The van der Waals surface area contributed by atoms with Crippen LogP contribution < -0.4 is 10.5 Å². The molecule has 2 saturated carbocycles. The van der Waals surface area contributed by atoms with Crippen LogP contribution >= 0.6 is 0 Å². The van der Waals surface area contributed by atoms with Gasteiger partial charge in [0.2, 0.25) is 11.8 Å². The first-order valence-corrected chi connectivity index (χ1v) is 11.8. The van der Waals surface area contributed by atoms with E-state index in [0.717, 1.165) is 6.20 Å². The molecule has 2 amide bonds. The van der Waals surface area contributed by atoms with Crippen molar-refractivity contribution in [3.63, 3.8) is 0 Å². The fraction of sp³-hybridized carbons (Fsp3) is 0.583. The van der Waals surface area contributed by atoms with Gasteiger partial charge in [-0.05, 0) is 49.5 Å². The summed E-state index contributed by atoms with van der Waals surface area (Å²) in [6.07, 6.45) is 8.30. The minimum absolute atomic E-state index is 0.00828. The topological polar surface area (TPSA) is 114 Å². The van der Waals surface area contributed by atoms with Crippen molar-refractivity contribution in [3.05, 3.63) is 29.8 Å². The van der Waals surface area contributed by atoms with Gasteiger partial charge in [0.1, 0.15) is 5.69 Å². The standard InChI is InChI=1S/C24H30FN5O3/c1-33-21-10-16(17(25)12-27-21)18-11-19(29-28-18)24(32)30-8-7-15(23(26)31)9-20(30)22-13-3-2-4-14(22)6-5-13/h10-15,20,22H,2-9H2,1H3,(H2,26,31)(H,28,29). The van der Waals surface area contributed by atoms with Crippen molar-refractivity contribution in [2.75, 3.05) is 13.7 Å². The number of aromatic nitrogens is 3. The van der Waals surface area contributed by atoms with Crippen LogP contribution in [0.2, 0.25) is 0 Å². The smallest absolute Gasteiger partial charge is 0.272 e. The van der Waals surface area contributed by atoms with Gasteiger partial charge >= 0.3 is 0 Å². The zero-order valence-electron chi connectivity index (χ0n) is 18.8. The highest BCUT2D eigenvalue weighted by Gasteiger charge is 2.48. The molecule has 3 aliphatic rings. The van der Waals surface area contributed by atoms with E-state index in [1.807, 2.05) is 4.90 Å². The number of piperidine rings is 1. The summed E-state index contributed by atoms with van der Waals surface area (Å²) >= 11 is 0. The zero-order valence-corrected chi connectivity index (χ0v) is 18.8. The molecule has 3 heterocycles. The number of primary amides is 1. The summed E-state index contributed by atoms with van der Waals surface area (Å²) in [5, 5.41) is 6.99. The van der Waals surface area contributed by atoms with E-state index in [0.29, 0.717) is 48.5 Å². The van der Waals surface area contributed by atoms with E-state index in [-0.39, 0.29) is 35.2 Å². The van der Waals surface area contributed by atoms with Crippen LogP contribution in [0.1, 0.15) is 55.4 Å². The van der Waals surface area contributed by atoms with Gasteiger partial charge in [-0.15, -0.1) is 0 Å². The normalized spacial score (nSPS) is 29.2. The van der Waals surface area contributed by atoms with Crippen LogP contribution in [0.15, 0.2) is 18.3 Å². The highest BCUT2D eigenvalue weighted by Crippen LogP contribution is 2.51. The number of hydrogen-bond donors (Lipinski definition) is 2. The molecule has 33 heavy (non-hydrogen) atoms. The Morgan fingerprint density at radius 2 is 1.94 bits per heavy atom. The van der Waals surface area contributed by atoms with Gasteiger partial charge in [-0.1, -0.05) is 19.3 Å². The number of carbonyl (C=O) groups excluding carboxylic acids is 2. The van der Waals surface area contributed by atoms with Crippen LogP contribution in [0.3, 0.4) is 0 Å². The van der Waals surface area contributed by atoms with Crippen molar-refractivity contribution >= 4 is 11.8 Å². The van der Waals surface area contributed by atoms with Gasteiger partial charge in [0.05, 0.1) is 19.0 Å². The largest absolute Gasteiger partial charge is 0.481 e. The highest BCUT2D eigenvalue weighted by atomic mass is 19.1. The van der Waals surface area contributed by atoms with Crippen molar-refractivity contribution in [3.8, 4) is 17.1 Å². The molecule has 9 heteroatoms. The van der Waals surface area contributed by atoms with Crippen molar-refractivity contribution in [2.24, 2.45) is 29.4 Å². The maximum atomic E-state index is 14.4. The van der Waals surface area contributed by atoms with Gasteiger partial charge in [-0.2, -0.15) is 5.10 Å². The third-order valence-electron chi connectivity index (χ3n) is 8.02. The van der Waals surface area contributed by atoms with Crippen LogP contribution in [-0.4, -0.2) is 51.6 Å². The molecule has 2 aromatic rings. The zero-order chi connectivity index (χ0) is 23.1. The monoisotopic (exact) mass is 455 g/mol. The van der Waals surface area contributed by atoms with E-state index >= 15 is 0 Å². The Morgan fingerprint density at radius 1 is 1.18 bits per heavy atom. The number of likely N-dealkylation sites (tertiary alicyclic amines) is 1. The number of methoxy groups -OCH3 is 1. The second kappa shape index (κ2) is 8.76. The number of aromatic amines is 1. The Balaban J connectivity index is 1.43. The van der Waals surface area contributed by atoms with Gasteiger partial charge in [0.25, 0.3) is 5.91 Å². The fourth-order valence-electron chi connectivity index (χ4n) is 6.47. The van der Waals surface area contributed by atoms with Crippen molar-refractivity contribution < 1.29 is 18.7 Å². The van der Waals surface area contributed by atoms with E-state index in [2.05, 4.69) is 15.2 Å². The molecule has 2 bridgehead atoms. The first-order chi connectivity index (χ1) is 16.0. The molecule has 176 valence electrons. The molecule has 2 aromatic heterocycles. The van der Waals surface area contributed by atoms with E-state index in [1.54, 1.807) is 6.07 Å². The molecule has 4 unspecified atom stereocenters. The maximum absolute atomic E-state index is 14.4. The van der Waals surface area contributed by atoms with E-state index < -0.39 is 5.82 Å². The van der Waals surface area contributed by atoms with Gasteiger partial charge in [-0.25, -0.2) is 9.37 Å². The lowest BCUT2D eigenvalue weighted by molar-refractivity contribution is -0.124. The maximum Gasteiger partial charge on any atom is 0.272 e. The lowest BCUT2D eigenvalue weighted by Crippen LogP contribution is -2.54. The number of nitrogens with one attached hydrogen (secondary N) is 1. The number of fused-ring (bicyclic) bond motifs is 2. The number of halogens is 1. The highest BCUT2D eigenvalue weighted by molar-refractivity contribution is 5.94. The molecular formula is C24H30FN5O3. The average molecular weight is 456 g/mol. The van der Waals surface area contributed by atoms with Crippen molar-refractivity contribution in [1.29, 1.82) is 0 Å². The molecule has 3 fully saturated rings. The molecule has 1 aliphatic heterocycles. The molecule has 0 aromatic carbocycles. The summed E-state index contributed by atoms with van der Waals surface area (Å²) in [5.41, 5.74) is 6.52. The van der Waals surface area contributed by atoms with Gasteiger partial charge < -0.3 is 15.4 Å². The molecule has 8 nitrogen and oxygen atoms in total. The third-order valence-corrected chi connectivity index (χ3v) is 8.02. The summed E-state index contributed by atoms with van der Waals surface area (Å²) in [7, 11) is 1.46. The van der Waals surface area contributed by atoms with E-state index in [9.17, 15) is 14.0 Å². The van der Waals surface area contributed by atoms with E-state index in [4.69, 9.17) is 10.5 Å². The Morgan fingerprint density at radius 3 is 2.64 bits per heavy atom. The molecule has 0 radical (unpaired) electrons. The minimum Gasteiger partial charge on any atom is -0.481 e. The van der Waals surface area contributed by atoms with Gasteiger partial charge in [0.15, 0.2) is 5.82 Å². The van der Waals surface area contributed by atoms with Crippen LogP contribution in [0.5, 0.6) is 5.88 Å². The van der Waals surface area contributed by atoms with Crippen LogP contribution in [0.25, 0.3) is 11.3 Å². The number of H-pyrrole nitrogens is 1. The summed E-state index contributed by atoms with van der Waals surface area (Å²) in [6, 6.07) is 3.03. The van der Waals surface area contributed by atoms with Crippen molar-refractivity contribution in [2.45, 2.75) is 51.0 Å². The Labute approximate surface area is 192 Å². The number of rotatable bonds is 5. The van der Waals surface area contributed by atoms with Crippen LogP contribution in [0, 0.1) is 29.5 Å². The predicted octanol–water partition coefficient (Wildman–Crippen LogP) is 3.15. The predicted molar refractivity (Wildman–Crippen MR) is 119 cm³/mol. The Kier molecular flexibility index (Phi) is 5.80. The Hall–Kier alpha value is -2.97. The number of nitrogens with zero attached hydrogens (tertiary/aromatic N) is 3. The number of pyridine rings is 1. The number of nitrogens with two attached hydrogens (primary N) is 1. The molecule has 1 saturated heterocycles. The lowest BCUT2D eigenvalue weighted by Gasteiger charge is -2.46. The second-order valence-corrected chi connectivity index (χ2v) is 9.67. The first kappa shape index (κ1) is 21.9. The molecule has 4 atom stereocenters. The number of carbonyl (C=O) groups is 2. The SMILES string of the molecule is COc1cc(-c2cc(C(=O)N3CCC(C(N)=O)CC3C3C4CCCC3CC4)[nH]n2)c(F)cn1. The Bertz CT molecular complexity index is 1040. The van der Waals surface area contributed by atoms with Crippen molar-refractivity contribution in [1.82, 2.24) is 20.1 Å². The summed E-state index contributed by atoms with van der Waals surface area (Å²) < 4.78 is 19.5.